The Morgan fingerprint density at radius 1 is 1.29 bits per heavy atom. The molecule has 0 radical (unpaired) electrons. The van der Waals surface area contributed by atoms with Gasteiger partial charge in [-0.15, -0.1) is 10.2 Å². The van der Waals surface area contributed by atoms with Crippen LogP contribution in [0.25, 0.3) is 0 Å². The molecule has 0 aromatic carbocycles. The SMILES string of the molecule is NC1CCc2nnc(C3CCS(=O)(=O)C3)n2C1. The van der Waals surface area contributed by atoms with Crippen molar-refractivity contribution >= 4 is 9.84 Å². The molecule has 2 aliphatic heterocycles. The molecule has 0 saturated carbocycles. The summed E-state index contributed by atoms with van der Waals surface area (Å²) < 4.78 is 25.0. The van der Waals surface area contributed by atoms with Crippen LogP contribution in [0.2, 0.25) is 0 Å². The topological polar surface area (TPSA) is 90.9 Å². The molecule has 1 saturated heterocycles. The van der Waals surface area contributed by atoms with Crippen LogP contribution < -0.4 is 5.73 Å². The van der Waals surface area contributed by atoms with Crippen molar-refractivity contribution in [1.82, 2.24) is 14.8 Å². The van der Waals surface area contributed by atoms with Gasteiger partial charge in [-0.05, 0) is 12.8 Å². The summed E-state index contributed by atoms with van der Waals surface area (Å²) in [6.07, 6.45) is 2.43. The Morgan fingerprint density at radius 2 is 2.12 bits per heavy atom. The number of aromatic nitrogens is 3. The van der Waals surface area contributed by atoms with Gasteiger partial charge in [-0.25, -0.2) is 8.42 Å². The summed E-state index contributed by atoms with van der Waals surface area (Å²) in [5.74, 6) is 2.25. The van der Waals surface area contributed by atoms with Crippen molar-refractivity contribution in [3.05, 3.63) is 11.6 Å². The van der Waals surface area contributed by atoms with E-state index in [4.69, 9.17) is 5.73 Å². The van der Waals surface area contributed by atoms with Gasteiger partial charge in [0.2, 0.25) is 0 Å². The first-order valence-electron chi connectivity index (χ1n) is 5.93. The van der Waals surface area contributed by atoms with E-state index in [1.807, 2.05) is 4.57 Å². The van der Waals surface area contributed by atoms with E-state index in [0.29, 0.717) is 13.0 Å². The molecule has 0 aliphatic carbocycles. The molecule has 2 unspecified atom stereocenters. The molecule has 17 heavy (non-hydrogen) atoms. The van der Waals surface area contributed by atoms with E-state index in [0.717, 1.165) is 24.5 Å². The Hall–Kier alpha value is -0.950. The zero-order valence-corrected chi connectivity index (χ0v) is 10.4. The third kappa shape index (κ3) is 1.97. The van der Waals surface area contributed by atoms with Crippen LogP contribution in [0, 0.1) is 0 Å². The average molecular weight is 256 g/mol. The molecule has 1 fully saturated rings. The molecule has 3 heterocycles. The molecule has 6 nitrogen and oxygen atoms in total. The average Bonchev–Trinajstić information content (AvgIpc) is 2.81. The van der Waals surface area contributed by atoms with Gasteiger partial charge in [0, 0.05) is 24.9 Å². The summed E-state index contributed by atoms with van der Waals surface area (Å²) in [5.41, 5.74) is 5.93. The second kappa shape index (κ2) is 3.78. The molecule has 1 aromatic rings. The highest BCUT2D eigenvalue weighted by molar-refractivity contribution is 7.91. The van der Waals surface area contributed by atoms with Crippen LogP contribution in [0.5, 0.6) is 0 Å². The van der Waals surface area contributed by atoms with Crippen molar-refractivity contribution in [2.75, 3.05) is 11.5 Å². The maximum Gasteiger partial charge on any atom is 0.151 e. The fourth-order valence-corrected chi connectivity index (χ4v) is 4.41. The fourth-order valence-electron chi connectivity index (χ4n) is 2.67. The van der Waals surface area contributed by atoms with E-state index in [1.54, 1.807) is 0 Å². The van der Waals surface area contributed by atoms with Crippen molar-refractivity contribution < 1.29 is 8.42 Å². The molecule has 1 aromatic heterocycles. The predicted molar refractivity (Wildman–Crippen MR) is 62.3 cm³/mol. The molecule has 2 aliphatic rings. The number of hydrogen-bond donors (Lipinski definition) is 1. The van der Waals surface area contributed by atoms with Gasteiger partial charge < -0.3 is 10.3 Å². The molecule has 3 rings (SSSR count). The molecule has 2 atom stereocenters. The Morgan fingerprint density at radius 3 is 2.82 bits per heavy atom. The van der Waals surface area contributed by atoms with E-state index in [2.05, 4.69) is 10.2 Å². The van der Waals surface area contributed by atoms with Gasteiger partial charge in [-0.3, -0.25) is 0 Å². The number of sulfone groups is 1. The summed E-state index contributed by atoms with van der Waals surface area (Å²) in [4.78, 5) is 0. The third-order valence-corrected chi connectivity index (χ3v) is 5.38. The lowest BCUT2D eigenvalue weighted by molar-refractivity contribution is 0.436. The summed E-state index contributed by atoms with van der Waals surface area (Å²) in [5, 5.41) is 8.32. The van der Waals surface area contributed by atoms with E-state index >= 15 is 0 Å². The number of aryl methyl sites for hydroxylation is 1. The number of rotatable bonds is 1. The van der Waals surface area contributed by atoms with E-state index in [-0.39, 0.29) is 23.5 Å². The van der Waals surface area contributed by atoms with Crippen molar-refractivity contribution in [2.45, 2.75) is 37.8 Å². The Kier molecular flexibility index (Phi) is 2.48. The lowest BCUT2D eigenvalue weighted by Gasteiger charge is -2.22. The van der Waals surface area contributed by atoms with Gasteiger partial charge in [0.25, 0.3) is 0 Å². The minimum Gasteiger partial charge on any atom is -0.326 e. The van der Waals surface area contributed by atoms with Crippen LogP contribution in [0.4, 0.5) is 0 Å². The van der Waals surface area contributed by atoms with Crippen LogP contribution in [0.15, 0.2) is 0 Å². The molecule has 0 bridgehead atoms. The van der Waals surface area contributed by atoms with Crippen molar-refractivity contribution in [3.8, 4) is 0 Å². The molecular formula is C10H16N4O2S. The van der Waals surface area contributed by atoms with Crippen molar-refractivity contribution in [3.63, 3.8) is 0 Å². The Labute approximate surface area is 100 Å². The molecule has 0 spiro atoms. The first-order valence-corrected chi connectivity index (χ1v) is 7.75. The van der Waals surface area contributed by atoms with Crippen LogP contribution in [-0.2, 0) is 22.8 Å². The maximum atomic E-state index is 11.5. The second-order valence-electron chi connectivity index (χ2n) is 4.98. The lowest BCUT2D eigenvalue weighted by atomic mass is 10.1. The summed E-state index contributed by atoms with van der Waals surface area (Å²) in [7, 11) is -2.87. The van der Waals surface area contributed by atoms with Crippen LogP contribution >= 0.6 is 0 Å². The number of fused-ring (bicyclic) bond motifs is 1. The normalized spacial score (nSPS) is 31.4. The van der Waals surface area contributed by atoms with Gasteiger partial charge >= 0.3 is 0 Å². The number of nitrogens with two attached hydrogens (primary N) is 1. The summed E-state index contributed by atoms with van der Waals surface area (Å²) in [6.45, 7) is 0.716. The van der Waals surface area contributed by atoms with E-state index < -0.39 is 9.84 Å². The Balaban J connectivity index is 1.92. The van der Waals surface area contributed by atoms with Crippen molar-refractivity contribution in [2.24, 2.45) is 5.73 Å². The summed E-state index contributed by atoms with van der Waals surface area (Å²) >= 11 is 0. The lowest BCUT2D eigenvalue weighted by Crippen LogP contribution is -2.33. The van der Waals surface area contributed by atoms with E-state index in [9.17, 15) is 8.42 Å². The van der Waals surface area contributed by atoms with Crippen LogP contribution in [0.1, 0.15) is 30.4 Å². The zero-order valence-electron chi connectivity index (χ0n) is 9.54. The molecule has 7 heteroatoms. The van der Waals surface area contributed by atoms with Gasteiger partial charge in [-0.1, -0.05) is 0 Å². The smallest absolute Gasteiger partial charge is 0.151 e. The molecule has 94 valence electrons. The maximum absolute atomic E-state index is 11.5. The number of hydrogen-bond acceptors (Lipinski definition) is 5. The standard InChI is InChI=1S/C10H16N4O2S/c11-8-1-2-9-12-13-10(14(9)5-8)7-3-4-17(15,16)6-7/h7-8H,1-6,11H2. The number of nitrogens with zero attached hydrogens (tertiary/aromatic N) is 3. The predicted octanol–water partition coefficient (Wildman–Crippen LogP) is -0.546. The second-order valence-corrected chi connectivity index (χ2v) is 7.21. The largest absolute Gasteiger partial charge is 0.326 e. The molecule has 0 amide bonds. The highest BCUT2D eigenvalue weighted by atomic mass is 32.2. The van der Waals surface area contributed by atoms with Crippen LogP contribution in [0.3, 0.4) is 0 Å². The first-order chi connectivity index (χ1) is 8.05. The quantitative estimate of drug-likeness (QED) is 0.728. The van der Waals surface area contributed by atoms with Gasteiger partial charge in [0.15, 0.2) is 9.84 Å². The summed E-state index contributed by atoms with van der Waals surface area (Å²) in [6, 6.07) is 0.135. The highest BCUT2D eigenvalue weighted by Gasteiger charge is 2.34. The minimum atomic E-state index is -2.87. The highest BCUT2D eigenvalue weighted by Crippen LogP contribution is 2.29. The van der Waals surface area contributed by atoms with Gasteiger partial charge in [0.1, 0.15) is 11.6 Å². The third-order valence-electron chi connectivity index (χ3n) is 3.61. The molecular weight excluding hydrogens is 240 g/mol. The van der Waals surface area contributed by atoms with Gasteiger partial charge in [-0.2, -0.15) is 0 Å². The minimum absolute atomic E-state index is 0.00606. The fraction of sp³-hybridized carbons (Fsp3) is 0.800. The van der Waals surface area contributed by atoms with Crippen molar-refractivity contribution in [1.29, 1.82) is 0 Å². The Bertz CT molecular complexity index is 537. The monoisotopic (exact) mass is 256 g/mol. The van der Waals surface area contributed by atoms with Gasteiger partial charge in [0.05, 0.1) is 11.5 Å². The first kappa shape index (κ1) is 11.2. The molecule has 2 N–H and O–H groups in total. The van der Waals surface area contributed by atoms with Crippen LogP contribution in [-0.4, -0.2) is 40.7 Å². The van der Waals surface area contributed by atoms with E-state index in [1.165, 1.54) is 0 Å². The zero-order chi connectivity index (χ0) is 12.0.